The zero-order valence-corrected chi connectivity index (χ0v) is 9.54. The molecule has 0 saturated heterocycles. The minimum Gasteiger partial charge on any atom is -0.389 e. The number of amides is 1. The molecule has 16 heavy (non-hydrogen) atoms. The fourth-order valence-electron chi connectivity index (χ4n) is 1.34. The van der Waals surface area contributed by atoms with E-state index < -0.39 is 0 Å². The summed E-state index contributed by atoms with van der Waals surface area (Å²) in [6.07, 6.45) is 1.53. The van der Waals surface area contributed by atoms with E-state index in [4.69, 9.17) is 5.73 Å². The van der Waals surface area contributed by atoms with E-state index in [1.165, 1.54) is 17.5 Å². The number of anilines is 2. The molecule has 0 aliphatic carbocycles. The van der Waals surface area contributed by atoms with Gasteiger partial charge in [-0.15, -0.1) is 0 Å². The summed E-state index contributed by atoms with van der Waals surface area (Å²) in [7, 11) is 0. The fourth-order valence-corrected chi connectivity index (χ4v) is 1.91. The summed E-state index contributed by atoms with van der Waals surface area (Å²) in [5, 5.41) is 3.81. The summed E-state index contributed by atoms with van der Waals surface area (Å²) in [6.45, 7) is 1.89. The van der Waals surface area contributed by atoms with E-state index >= 15 is 0 Å². The van der Waals surface area contributed by atoms with Crippen molar-refractivity contribution in [3.8, 4) is 0 Å². The summed E-state index contributed by atoms with van der Waals surface area (Å²) >= 11 is 1.25. The van der Waals surface area contributed by atoms with Crippen molar-refractivity contribution in [3.63, 3.8) is 0 Å². The largest absolute Gasteiger partial charge is 0.389 e. The van der Waals surface area contributed by atoms with Gasteiger partial charge in [-0.1, -0.05) is 29.5 Å². The monoisotopic (exact) mass is 233 g/mol. The van der Waals surface area contributed by atoms with E-state index in [9.17, 15) is 4.79 Å². The van der Waals surface area contributed by atoms with Gasteiger partial charge in [0.2, 0.25) is 0 Å². The summed E-state index contributed by atoms with van der Waals surface area (Å²) in [6, 6.07) is 7.40. The van der Waals surface area contributed by atoms with E-state index in [1.54, 1.807) is 6.07 Å². The highest BCUT2D eigenvalue weighted by Gasteiger charge is 2.09. The molecule has 0 radical (unpaired) electrons. The maximum atomic E-state index is 11.9. The number of nitrogen functional groups attached to an aromatic ring is 1. The number of aromatic nitrogens is 1. The molecule has 0 spiro atoms. The number of thiazole rings is 1. The molecule has 0 unspecified atom stereocenters. The SMILES string of the molecule is Cc1ccccc1C(=O)Nc1ncc(N)s1. The molecule has 0 bridgehead atoms. The van der Waals surface area contributed by atoms with Crippen LogP contribution in [0.5, 0.6) is 0 Å². The second kappa shape index (κ2) is 4.32. The predicted molar refractivity (Wildman–Crippen MR) is 65.7 cm³/mol. The molecule has 4 nitrogen and oxygen atoms in total. The van der Waals surface area contributed by atoms with Crippen LogP contribution in [-0.2, 0) is 0 Å². The van der Waals surface area contributed by atoms with Crippen LogP contribution in [0.2, 0.25) is 0 Å². The standard InChI is InChI=1S/C11H11N3OS/c1-7-4-2-3-5-8(7)10(15)14-11-13-6-9(12)16-11/h2-6H,12H2,1H3,(H,13,14,15). The van der Waals surface area contributed by atoms with Gasteiger partial charge in [-0.05, 0) is 18.6 Å². The molecule has 0 fully saturated rings. The van der Waals surface area contributed by atoms with Crippen molar-refractivity contribution < 1.29 is 4.79 Å². The first-order chi connectivity index (χ1) is 7.66. The van der Waals surface area contributed by atoms with Gasteiger partial charge in [-0.25, -0.2) is 4.98 Å². The molecule has 2 rings (SSSR count). The minimum absolute atomic E-state index is 0.160. The lowest BCUT2D eigenvalue weighted by Gasteiger charge is -2.04. The molecule has 2 aromatic rings. The zero-order chi connectivity index (χ0) is 11.5. The highest BCUT2D eigenvalue weighted by molar-refractivity contribution is 7.19. The van der Waals surface area contributed by atoms with E-state index in [0.29, 0.717) is 15.7 Å². The Kier molecular flexibility index (Phi) is 2.87. The van der Waals surface area contributed by atoms with Crippen LogP contribution in [0.25, 0.3) is 0 Å². The maximum Gasteiger partial charge on any atom is 0.257 e. The van der Waals surface area contributed by atoms with Crippen molar-refractivity contribution in [3.05, 3.63) is 41.6 Å². The van der Waals surface area contributed by atoms with Crippen LogP contribution in [0.15, 0.2) is 30.5 Å². The maximum absolute atomic E-state index is 11.9. The number of benzene rings is 1. The Hall–Kier alpha value is -1.88. The second-order valence-corrected chi connectivity index (χ2v) is 4.40. The van der Waals surface area contributed by atoms with Gasteiger partial charge in [0.05, 0.1) is 6.20 Å². The van der Waals surface area contributed by atoms with Gasteiger partial charge in [-0.3, -0.25) is 10.1 Å². The van der Waals surface area contributed by atoms with E-state index in [2.05, 4.69) is 10.3 Å². The number of carbonyl (C=O) groups excluding carboxylic acids is 1. The van der Waals surface area contributed by atoms with Gasteiger partial charge in [0.1, 0.15) is 5.00 Å². The van der Waals surface area contributed by atoms with Crippen LogP contribution in [0.1, 0.15) is 15.9 Å². The number of nitrogens with zero attached hydrogens (tertiary/aromatic N) is 1. The third-order valence-electron chi connectivity index (χ3n) is 2.13. The fraction of sp³-hybridized carbons (Fsp3) is 0.0909. The topological polar surface area (TPSA) is 68.0 Å². The third-order valence-corrected chi connectivity index (χ3v) is 2.88. The average molecular weight is 233 g/mol. The molecule has 1 aromatic heterocycles. The Morgan fingerprint density at radius 3 is 2.81 bits per heavy atom. The highest BCUT2D eigenvalue weighted by Crippen LogP contribution is 2.20. The number of rotatable bonds is 2. The van der Waals surface area contributed by atoms with Crippen LogP contribution in [-0.4, -0.2) is 10.9 Å². The summed E-state index contributed by atoms with van der Waals surface area (Å²) in [5.74, 6) is -0.160. The lowest BCUT2D eigenvalue weighted by atomic mass is 10.1. The number of nitrogens with one attached hydrogen (secondary N) is 1. The molecule has 1 heterocycles. The van der Waals surface area contributed by atoms with Crippen LogP contribution < -0.4 is 11.1 Å². The molecule has 82 valence electrons. The Morgan fingerprint density at radius 1 is 1.44 bits per heavy atom. The normalized spacial score (nSPS) is 10.1. The van der Waals surface area contributed by atoms with Gasteiger partial charge in [0, 0.05) is 5.56 Å². The number of hydrogen-bond donors (Lipinski definition) is 2. The quantitative estimate of drug-likeness (QED) is 0.836. The van der Waals surface area contributed by atoms with E-state index in [0.717, 1.165) is 5.56 Å². The first-order valence-electron chi connectivity index (χ1n) is 4.75. The summed E-state index contributed by atoms with van der Waals surface area (Å²) < 4.78 is 0. The van der Waals surface area contributed by atoms with Crippen LogP contribution in [0.3, 0.4) is 0 Å². The molecule has 3 N–H and O–H groups in total. The Balaban J connectivity index is 2.18. The smallest absolute Gasteiger partial charge is 0.257 e. The molecule has 0 atom stereocenters. The molecule has 0 saturated carbocycles. The average Bonchev–Trinajstić information content (AvgIpc) is 2.64. The zero-order valence-electron chi connectivity index (χ0n) is 8.73. The number of nitrogens with two attached hydrogens (primary N) is 1. The van der Waals surface area contributed by atoms with E-state index in [-0.39, 0.29) is 5.91 Å². The molecular weight excluding hydrogens is 222 g/mol. The van der Waals surface area contributed by atoms with Crippen molar-refractivity contribution >= 4 is 27.4 Å². The summed E-state index contributed by atoms with van der Waals surface area (Å²) in [4.78, 5) is 15.8. The van der Waals surface area contributed by atoms with Gasteiger partial charge in [0.25, 0.3) is 5.91 Å². The van der Waals surface area contributed by atoms with Crippen molar-refractivity contribution in [2.24, 2.45) is 0 Å². The molecule has 5 heteroatoms. The molecule has 1 aromatic carbocycles. The number of aryl methyl sites for hydroxylation is 1. The first kappa shape index (κ1) is 10.6. The molecule has 1 amide bonds. The second-order valence-electron chi connectivity index (χ2n) is 3.34. The van der Waals surface area contributed by atoms with Crippen LogP contribution >= 0.6 is 11.3 Å². The van der Waals surface area contributed by atoms with Crippen molar-refractivity contribution in [1.82, 2.24) is 4.98 Å². The lowest BCUT2D eigenvalue weighted by Crippen LogP contribution is -2.12. The minimum atomic E-state index is -0.160. The number of hydrogen-bond acceptors (Lipinski definition) is 4. The molecular formula is C11H11N3OS. The summed E-state index contributed by atoms with van der Waals surface area (Å²) in [5.41, 5.74) is 7.11. The van der Waals surface area contributed by atoms with Crippen molar-refractivity contribution in [1.29, 1.82) is 0 Å². The van der Waals surface area contributed by atoms with Gasteiger partial charge < -0.3 is 5.73 Å². The van der Waals surface area contributed by atoms with E-state index in [1.807, 2.05) is 25.1 Å². The van der Waals surface area contributed by atoms with Gasteiger partial charge in [0.15, 0.2) is 5.13 Å². The van der Waals surface area contributed by atoms with Gasteiger partial charge in [-0.2, -0.15) is 0 Å². The van der Waals surface area contributed by atoms with Gasteiger partial charge >= 0.3 is 0 Å². The number of carbonyl (C=O) groups is 1. The first-order valence-corrected chi connectivity index (χ1v) is 5.57. The molecule has 0 aliphatic rings. The van der Waals surface area contributed by atoms with Crippen LogP contribution in [0, 0.1) is 6.92 Å². The predicted octanol–water partition coefficient (Wildman–Crippen LogP) is 2.29. The third kappa shape index (κ3) is 2.20. The highest BCUT2D eigenvalue weighted by atomic mass is 32.1. The Labute approximate surface area is 97.1 Å². The molecule has 0 aliphatic heterocycles. The Morgan fingerprint density at radius 2 is 2.19 bits per heavy atom. The lowest BCUT2D eigenvalue weighted by molar-refractivity contribution is 0.102. The Bertz CT molecular complexity index is 521. The van der Waals surface area contributed by atoms with Crippen molar-refractivity contribution in [2.75, 3.05) is 11.1 Å². The van der Waals surface area contributed by atoms with Crippen LogP contribution in [0.4, 0.5) is 10.1 Å². The van der Waals surface area contributed by atoms with Crippen molar-refractivity contribution in [2.45, 2.75) is 6.92 Å².